The number of rotatable bonds is 7. The summed E-state index contributed by atoms with van der Waals surface area (Å²) in [5.74, 6) is 0.0740. The third kappa shape index (κ3) is 5.43. The van der Waals surface area contributed by atoms with Crippen LogP contribution in [0.5, 0.6) is 0 Å². The van der Waals surface area contributed by atoms with E-state index in [0.717, 1.165) is 29.3 Å². The molecular weight excluding hydrogens is 340 g/mol. The molecule has 0 aliphatic carbocycles. The van der Waals surface area contributed by atoms with Crippen molar-refractivity contribution in [2.75, 3.05) is 6.54 Å². The van der Waals surface area contributed by atoms with Crippen molar-refractivity contribution in [3.63, 3.8) is 0 Å². The highest BCUT2D eigenvalue weighted by molar-refractivity contribution is 9.10. The summed E-state index contributed by atoms with van der Waals surface area (Å²) in [6, 6.07) is 7.99. The van der Waals surface area contributed by atoms with Crippen LogP contribution in [0.2, 0.25) is 0 Å². The molecule has 0 aliphatic heterocycles. The van der Waals surface area contributed by atoms with Gasteiger partial charge in [-0.1, -0.05) is 48.0 Å². The summed E-state index contributed by atoms with van der Waals surface area (Å²) in [5.41, 5.74) is 6.70. The predicted octanol–water partition coefficient (Wildman–Crippen LogP) is 3.44. The first kappa shape index (κ1) is 19.4. The maximum atomic E-state index is 12.0. The Kier molecular flexibility index (Phi) is 9.10. The lowest BCUT2D eigenvalue weighted by Crippen LogP contribution is -2.52. The lowest BCUT2D eigenvalue weighted by Gasteiger charge is -2.31. The van der Waals surface area contributed by atoms with Crippen LogP contribution >= 0.6 is 28.3 Å². The topological polar surface area (TPSA) is 55.1 Å². The molecule has 0 fully saturated rings. The van der Waals surface area contributed by atoms with Crippen LogP contribution in [0.25, 0.3) is 0 Å². The highest BCUT2D eigenvalue weighted by Gasteiger charge is 2.25. The minimum atomic E-state index is -0.245. The smallest absolute Gasteiger partial charge is 0.220 e. The summed E-state index contributed by atoms with van der Waals surface area (Å²) in [6.07, 6.45) is 2.95. The van der Waals surface area contributed by atoms with E-state index in [9.17, 15) is 4.79 Å². The number of nitrogens with two attached hydrogens (primary N) is 1. The fourth-order valence-corrected chi connectivity index (χ4v) is 2.56. The number of halogens is 2. The standard InChI is InChI=1S/C15H23BrN2O.ClH/c1-3-15(4-2,11-17)18-14(19)10-9-12-7-5-6-8-13(12)16;/h5-8H,3-4,9-11,17H2,1-2H3,(H,18,19);1H. The molecule has 20 heavy (non-hydrogen) atoms. The SMILES string of the molecule is CCC(CC)(CN)NC(=O)CCc1ccccc1Br.Cl. The molecule has 1 rings (SSSR count). The summed E-state index contributed by atoms with van der Waals surface area (Å²) < 4.78 is 1.05. The van der Waals surface area contributed by atoms with Crippen molar-refractivity contribution in [2.24, 2.45) is 5.73 Å². The molecule has 3 N–H and O–H groups in total. The van der Waals surface area contributed by atoms with Gasteiger partial charge in [-0.25, -0.2) is 0 Å². The Morgan fingerprint density at radius 3 is 2.40 bits per heavy atom. The Balaban J connectivity index is 0.00000361. The van der Waals surface area contributed by atoms with E-state index < -0.39 is 0 Å². The first-order chi connectivity index (χ1) is 9.06. The van der Waals surface area contributed by atoms with Crippen LogP contribution in [0.4, 0.5) is 0 Å². The third-order valence-corrected chi connectivity index (χ3v) is 4.50. The van der Waals surface area contributed by atoms with Crippen molar-refractivity contribution >= 4 is 34.2 Å². The second-order valence-corrected chi connectivity index (χ2v) is 5.69. The summed E-state index contributed by atoms with van der Waals surface area (Å²) in [6.45, 7) is 4.61. The number of hydrogen-bond acceptors (Lipinski definition) is 2. The predicted molar refractivity (Wildman–Crippen MR) is 90.2 cm³/mol. The van der Waals surface area contributed by atoms with E-state index in [-0.39, 0.29) is 23.9 Å². The van der Waals surface area contributed by atoms with E-state index in [1.54, 1.807) is 0 Å². The number of hydrogen-bond donors (Lipinski definition) is 2. The second-order valence-electron chi connectivity index (χ2n) is 4.83. The Morgan fingerprint density at radius 1 is 1.30 bits per heavy atom. The van der Waals surface area contributed by atoms with E-state index in [4.69, 9.17) is 5.73 Å². The molecule has 1 aromatic carbocycles. The highest BCUT2D eigenvalue weighted by atomic mass is 79.9. The van der Waals surface area contributed by atoms with Gasteiger partial charge in [0, 0.05) is 17.4 Å². The summed E-state index contributed by atoms with van der Waals surface area (Å²) in [4.78, 5) is 12.0. The molecule has 1 aromatic rings. The van der Waals surface area contributed by atoms with Gasteiger partial charge in [-0.05, 0) is 30.9 Å². The zero-order chi connectivity index (χ0) is 14.3. The lowest BCUT2D eigenvalue weighted by atomic mass is 9.92. The van der Waals surface area contributed by atoms with E-state index in [1.165, 1.54) is 0 Å². The Hall–Kier alpha value is -0.580. The van der Waals surface area contributed by atoms with Gasteiger partial charge in [-0.2, -0.15) is 0 Å². The van der Waals surface area contributed by atoms with Crippen molar-refractivity contribution in [1.82, 2.24) is 5.32 Å². The van der Waals surface area contributed by atoms with E-state index in [1.807, 2.05) is 24.3 Å². The molecule has 3 nitrogen and oxygen atoms in total. The Bertz CT molecular complexity index is 414. The van der Waals surface area contributed by atoms with Gasteiger partial charge in [0.15, 0.2) is 0 Å². The summed E-state index contributed by atoms with van der Waals surface area (Å²) in [7, 11) is 0. The third-order valence-electron chi connectivity index (χ3n) is 3.73. The van der Waals surface area contributed by atoms with Crippen molar-refractivity contribution in [3.8, 4) is 0 Å². The molecule has 0 saturated carbocycles. The van der Waals surface area contributed by atoms with Crippen LogP contribution in [-0.2, 0) is 11.2 Å². The number of amides is 1. The maximum absolute atomic E-state index is 12.0. The molecule has 0 aliphatic rings. The summed E-state index contributed by atoms with van der Waals surface area (Å²) in [5, 5.41) is 3.09. The van der Waals surface area contributed by atoms with Crippen molar-refractivity contribution in [1.29, 1.82) is 0 Å². The Morgan fingerprint density at radius 2 is 1.90 bits per heavy atom. The molecule has 1 amide bonds. The summed E-state index contributed by atoms with van der Waals surface area (Å²) >= 11 is 3.50. The zero-order valence-corrected chi connectivity index (χ0v) is 14.5. The minimum Gasteiger partial charge on any atom is -0.349 e. The van der Waals surface area contributed by atoms with Crippen LogP contribution in [0.3, 0.4) is 0 Å². The maximum Gasteiger partial charge on any atom is 0.220 e. The molecule has 0 saturated heterocycles. The minimum absolute atomic E-state index is 0. The van der Waals surface area contributed by atoms with Crippen molar-refractivity contribution in [3.05, 3.63) is 34.3 Å². The molecule has 0 radical (unpaired) electrons. The van der Waals surface area contributed by atoms with Crippen molar-refractivity contribution in [2.45, 2.75) is 45.1 Å². The van der Waals surface area contributed by atoms with Crippen LogP contribution in [0.15, 0.2) is 28.7 Å². The first-order valence-corrected chi connectivity index (χ1v) is 7.60. The van der Waals surface area contributed by atoms with Gasteiger partial charge in [0.2, 0.25) is 5.91 Å². The number of aryl methyl sites for hydroxylation is 1. The van der Waals surface area contributed by atoms with Crippen LogP contribution in [0.1, 0.15) is 38.7 Å². The van der Waals surface area contributed by atoms with Crippen molar-refractivity contribution < 1.29 is 4.79 Å². The van der Waals surface area contributed by atoms with Gasteiger partial charge in [0.05, 0.1) is 5.54 Å². The van der Waals surface area contributed by atoms with Gasteiger partial charge in [0.25, 0.3) is 0 Å². The van der Waals surface area contributed by atoms with Gasteiger partial charge in [-0.15, -0.1) is 12.4 Å². The molecule has 0 aromatic heterocycles. The normalized spacial score (nSPS) is 10.8. The van der Waals surface area contributed by atoms with Gasteiger partial charge in [0.1, 0.15) is 0 Å². The number of carbonyl (C=O) groups excluding carboxylic acids is 1. The van der Waals surface area contributed by atoms with Gasteiger partial charge in [-0.3, -0.25) is 4.79 Å². The van der Waals surface area contributed by atoms with Gasteiger partial charge >= 0.3 is 0 Å². The number of benzene rings is 1. The van der Waals surface area contributed by atoms with E-state index in [2.05, 4.69) is 35.1 Å². The fraction of sp³-hybridized carbons (Fsp3) is 0.533. The second kappa shape index (κ2) is 9.37. The van der Waals surface area contributed by atoms with E-state index >= 15 is 0 Å². The largest absolute Gasteiger partial charge is 0.349 e. The average Bonchev–Trinajstić information content (AvgIpc) is 2.44. The van der Waals surface area contributed by atoms with Gasteiger partial charge < -0.3 is 11.1 Å². The molecule has 0 heterocycles. The average molecular weight is 364 g/mol. The quantitative estimate of drug-likeness (QED) is 0.779. The number of nitrogens with one attached hydrogen (secondary N) is 1. The molecule has 0 bridgehead atoms. The fourth-order valence-electron chi connectivity index (χ4n) is 2.07. The lowest BCUT2D eigenvalue weighted by molar-refractivity contribution is -0.123. The molecule has 5 heteroatoms. The van der Waals surface area contributed by atoms with Crippen LogP contribution < -0.4 is 11.1 Å². The van der Waals surface area contributed by atoms with E-state index in [0.29, 0.717) is 13.0 Å². The molecule has 0 atom stereocenters. The molecule has 0 spiro atoms. The zero-order valence-electron chi connectivity index (χ0n) is 12.1. The monoisotopic (exact) mass is 362 g/mol. The highest BCUT2D eigenvalue weighted by Crippen LogP contribution is 2.18. The Labute approximate surface area is 136 Å². The molecule has 114 valence electrons. The van der Waals surface area contributed by atoms with Crippen LogP contribution in [0, 0.1) is 0 Å². The number of carbonyl (C=O) groups is 1. The molecule has 0 unspecified atom stereocenters. The molecular formula is C15H24BrClN2O. The first-order valence-electron chi connectivity index (χ1n) is 6.81. The van der Waals surface area contributed by atoms with Crippen LogP contribution in [-0.4, -0.2) is 18.0 Å².